The summed E-state index contributed by atoms with van der Waals surface area (Å²) in [7, 11) is 0. The summed E-state index contributed by atoms with van der Waals surface area (Å²) in [6.45, 7) is 14.5. The molecule has 1 saturated heterocycles. The second-order valence-electron chi connectivity index (χ2n) is 7.37. The van der Waals surface area contributed by atoms with Crippen LogP contribution >= 0.6 is 0 Å². The van der Waals surface area contributed by atoms with Crippen molar-refractivity contribution in [3.63, 3.8) is 0 Å². The van der Waals surface area contributed by atoms with Crippen LogP contribution in [-0.2, 0) is 0 Å². The third-order valence-electron chi connectivity index (χ3n) is 6.02. The lowest BCUT2D eigenvalue weighted by atomic mass is 9.78. The van der Waals surface area contributed by atoms with Crippen molar-refractivity contribution in [2.24, 2.45) is 17.8 Å². The summed E-state index contributed by atoms with van der Waals surface area (Å²) in [6.07, 6.45) is 5.55. The van der Waals surface area contributed by atoms with Crippen LogP contribution in [0.3, 0.4) is 0 Å². The van der Waals surface area contributed by atoms with E-state index in [9.17, 15) is 0 Å². The molecule has 0 bridgehead atoms. The van der Waals surface area contributed by atoms with E-state index in [1.807, 2.05) is 0 Å². The van der Waals surface area contributed by atoms with Crippen LogP contribution < -0.4 is 5.32 Å². The van der Waals surface area contributed by atoms with Gasteiger partial charge >= 0.3 is 0 Å². The highest BCUT2D eigenvalue weighted by Gasteiger charge is 2.35. The Balaban J connectivity index is 1.97. The second kappa shape index (κ2) is 6.58. The minimum atomic E-state index is 0.704. The molecule has 0 aromatic heterocycles. The Labute approximate surface area is 120 Å². The molecule has 2 aliphatic rings. The quantitative estimate of drug-likeness (QED) is 0.841. The van der Waals surface area contributed by atoms with Gasteiger partial charge in [-0.25, -0.2) is 0 Å². The fourth-order valence-corrected chi connectivity index (χ4v) is 3.91. The molecule has 0 spiro atoms. The number of piperazine rings is 1. The van der Waals surface area contributed by atoms with Gasteiger partial charge in [-0.05, 0) is 43.9 Å². The van der Waals surface area contributed by atoms with Gasteiger partial charge in [0.2, 0.25) is 0 Å². The molecule has 2 rings (SSSR count). The zero-order valence-electron chi connectivity index (χ0n) is 13.7. The van der Waals surface area contributed by atoms with Gasteiger partial charge in [-0.2, -0.15) is 0 Å². The fraction of sp³-hybridized carbons (Fsp3) is 1.00. The van der Waals surface area contributed by atoms with E-state index >= 15 is 0 Å². The molecule has 1 saturated carbocycles. The van der Waals surface area contributed by atoms with E-state index in [2.05, 4.69) is 44.8 Å². The Kier molecular flexibility index (Phi) is 5.30. The van der Waals surface area contributed by atoms with Gasteiger partial charge in [0, 0.05) is 31.2 Å². The van der Waals surface area contributed by atoms with Crippen LogP contribution in [0.2, 0.25) is 0 Å². The van der Waals surface area contributed by atoms with Gasteiger partial charge in [0.25, 0.3) is 0 Å². The van der Waals surface area contributed by atoms with Crippen LogP contribution in [0.4, 0.5) is 0 Å². The average molecular weight is 266 g/mol. The van der Waals surface area contributed by atoms with Crippen LogP contribution in [0.15, 0.2) is 0 Å². The smallest absolute Gasteiger partial charge is 0.0221 e. The Morgan fingerprint density at radius 1 is 1.16 bits per heavy atom. The van der Waals surface area contributed by atoms with Gasteiger partial charge in [-0.3, -0.25) is 4.90 Å². The van der Waals surface area contributed by atoms with Gasteiger partial charge in [-0.1, -0.05) is 34.1 Å². The molecule has 1 N–H and O–H groups in total. The van der Waals surface area contributed by atoms with E-state index in [0.717, 1.165) is 23.8 Å². The lowest BCUT2D eigenvalue weighted by molar-refractivity contribution is 0.0364. The third-order valence-corrected chi connectivity index (χ3v) is 6.02. The summed E-state index contributed by atoms with van der Waals surface area (Å²) in [4.78, 5) is 2.83. The van der Waals surface area contributed by atoms with E-state index in [4.69, 9.17) is 0 Å². The summed E-state index contributed by atoms with van der Waals surface area (Å²) in [5, 5.41) is 3.77. The molecule has 2 fully saturated rings. The number of rotatable bonds is 3. The highest BCUT2D eigenvalue weighted by atomic mass is 15.3. The molecule has 2 heteroatoms. The number of nitrogens with one attached hydrogen (secondary N) is 1. The van der Waals surface area contributed by atoms with Crippen LogP contribution in [-0.4, -0.2) is 36.1 Å². The predicted molar refractivity (Wildman–Crippen MR) is 83.4 cm³/mol. The molecular weight excluding hydrogens is 232 g/mol. The van der Waals surface area contributed by atoms with Crippen LogP contribution in [0.1, 0.15) is 60.3 Å². The van der Waals surface area contributed by atoms with Crippen molar-refractivity contribution in [2.75, 3.05) is 13.1 Å². The SMILES string of the molecule is CCC(C)C1CN(C2CCC(C)C(C)C2)C(C)CN1. The normalized spacial score (nSPS) is 43.1. The zero-order valence-corrected chi connectivity index (χ0v) is 13.7. The molecule has 1 aliphatic heterocycles. The van der Waals surface area contributed by atoms with E-state index in [1.54, 1.807) is 0 Å². The molecule has 19 heavy (non-hydrogen) atoms. The van der Waals surface area contributed by atoms with Crippen molar-refractivity contribution < 1.29 is 0 Å². The molecule has 2 nitrogen and oxygen atoms in total. The minimum absolute atomic E-state index is 0.704. The standard InChI is InChI=1S/C17H34N2/c1-6-12(2)17-11-19(15(5)10-18-17)16-8-7-13(3)14(4)9-16/h12-18H,6-11H2,1-5H3. The molecule has 112 valence electrons. The van der Waals surface area contributed by atoms with Gasteiger partial charge in [0.1, 0.15) is 0 Å². The molecule has 0 amide bonds. The summed E-state index contributed by atoms with van der Waals surface area (Å²) in [6, 6.07) is 2.26. The summed E-state index contributed by atoms with van der Waals surface area (Å²) in [5.74, 6) is 2.64. The first-order valence-electron chi connectivity index (χ1n) is 8.52. The van der Waals surface area contributed by atoms with Crippen molar-refractivity contribution in [1.29, 1.82) is 0 Å². The lowest BCUT2D eigenvalue weighted by Crippen LogP contribution is -2.60. The third kappa shape index (κ3) is 3.52. The maximum atomic E-state index is 3.77. The van der Waals surface area contributed by atoms with Crippen molar-refractivity contribution >= 4 is 0 Å². The predicted octanol–water partition coefficient (Wildman–Crippen LogP) is 3.52. The van der Waals surface area contributed by atoms with Crippen LogP contribution in [0.25, 0.3) is 0 Å². The molecule has 1 aliphatic carbocycles. The highest BCUT2D eigenvalue weighted by Crippen LogP contribution is 2.33. The lowest BCUT2D eigenvalue weighted by Gasteiger charge is -2.48. The Morgan fingerprint density at radius 2 is 1.89 bits per heavy atom. The fourth-order valence-electron chi connectivity index (χ4n) is 3.91. The maximum Gasteiger partial charge on any atom is 0.0221 e. The molecule has 1 heterocycles. The highest BCUT2D eigenvalue weighted by molar-refractivity contribution is 4.92. The number of hydrogen-bond donors (Lipinski definition) is 1. The summed E-state index contributed by atoms with van der Waals surface area (Å²) in [5.41, 5.74) is 0. The molecule has 6 atom stereocenters. The molecule has 6 unspecified atom stereocenters. The van der Waals surface area contributed by atoms with E-state index in [1.165, 1.54) is 38.8 Å². The second-order valence-corrected chi connectivity index (χ2v) is 7.37. The van der Waals surface area contributed by atoms with E-state index < -0.39 is 0 Å². The maximum absolute atomic E-state index is 3.77. The van der Waals surface area contributed by atoms with Gasteiger partial charge < -0.3 is 5.32 Å². The first kappa shape index (κ1) is 15.3. The van der Waals surface area contributed by atoms with E-state index in [0.29, 0.717) is 12.1 Å². The monoisotopic (exact) mass is 266 g/mol. The van der Waals surface area contributed by atoms with Crippen LogP contribution in [0, 0.1) is 17.8 Å². The first-order chi connectivity index (χ1) is 9.02. The first-order valence-corrected chi connectivity index (χ1v) is 8.52. The number of hydrogen-bond acceptors (Lipinski definition) is 2. The minimum Gasteiger partial charge on any atom is -0.311 e. The van der Waals surface area contributed by atoms with Crippen molar-refractivity contribution in [2.45, 2.75) is 78.4 Å². The van der Waals surface area contributed by atoms with Crippen molar-refractivity contribution in [3.8, 4) is 0 Å². The topological polar surface area (TPSA) is 15.3 Å². The van der Waals surface area contributed by atoms with Crippen LogP contribution in [0.5, 0.6) is 0 Å². The molecule has 0 aromatic carbocycles. The Hall–Kier alpha value is -0.0800. The summed E-state index contributed by atoms with van der Waals surface area (Å²) < 4.78 is 0. The zero-order chi connectivity index (χ0) is 14.0. The largest absolute Gasteiger partial charge is 0.311 e. The van der Waals surface area contributed by atoms with Gasteiger partial charge in [-0.15, -0.1) is 0 Å². The van der Waals surface area contributed by atoms with Crippen molar-refractivity contribution in [1.82, 2.24) is 10.2 Å². The Morgan fingerprint density at radius 3 is 2.53 bits per heavy atom. The number of nitrogens with zero attached hydrogens (tertiary/aromatic N) is 1. The molecular formula is C17H34N2. The summed E-state index contributed by atoms with van der Waals surface area (Å²) >= 11 is 0. The Bertz CT molecular complexity index is 278. The molecule has 0 aromatic rings. The van der Waals surface area contributed by atoms with Gasteiger partial charge in [0.15, 0.2) is 0 Å². The van der Waals surface area contributed by atoms with E-state index in [-0.39, 0.29) is 0 Å². The average Bonchev–Trinajstić information content (AvgIpc) is 2.41. The molecule has 0 radical (unpaired) electrons. The van der Waals surface area contributed by atoms with Gasteiger partial charge in [0.05, 0.1) is 0 Å². The van der Waals surface area contributed by atoms with Crippen molar-refractivity contribution in [3.05, 3.63) is 0 Å².